The number of hydrogen-bond acceptors (Lipinski definition) is 0. The van der Waals surface area contributed by atoms with E-state index in [1.165, 1.54) is 37.7 Å². The van der Waals surface area contributed by atoms with Crippen molar-refractivity contribution < 1.29 is 0 Å². The molecule has 0 aliphatic heterocycles. The van der Waals surface area contributed by atoms with Crippen molar-refractivity contribution in [2.75, 3.05) is 0 Å². The van der Waals surface area contributed by atoms with E-state index >= 15 is 0 Å². The van der Waals surface area contributed by atoms with Gasteiger partial charge in [0.25, 0.3) is 0 Å². The maximum absolute atomic E-state index is 2.44. The second-order valence-electron chi connectivity index (χ2n) is 5.34. The first-order valence-electron chi connectivity index (χ1n) is 6.40. The summed E-state index contributed by atoms with van der Waals surface area (Å²) in [7, 11) is 0. The number of hydrogen-bond donors (Lipinski definition) is 0. The fraction of sp³-hybridized carbons (Fsp3) is 0.375. The number of allylic oxidation sites excluding steroid dienone is 10. The lowest BCUT2D eigenvalue weighted by Gasteiger charge is -2.38. The second-order valence-corrected chi connectivity index (χ2v) is 5.34. The molecule has 4 aliphatic carbocycles. The summed E-state index contributed by atoms with van der Waals surface area (Å²) in [5.41, 5.74) is 6.89. The molecule has 0 aromatic heterocycles. The van der Waals surface area contributed by atoms with E-state index in [4.69, 9.17) is 0 Å². The van der Waals surface area contributed by atoms with Crippen molar-refractivity contribution in [1.82, 2.24) is 0 Å². The average molecular weight is 208 g/mol. The molecule has 0 amide bonds. The molecular weight excluding hydrogens is 192 g/mol. The Hall–Kier alpha value is -1.30. The third-order valence-electron chi connectivity index (χ3n) is 4.61. The first-order chi connectivity index (χ1) is 7.90. The molecule has 0 saturated heterocycles. The van der Waals surface area contributed by atoms with Crippen LogP contribution in [0.4, 0.5) is 0 Å². The molecule has 0 nitrogen and oxygen atoms in total. The van der Waals surface area contributed by atoms with Gasteiger partial charge in [0.2, 0.25) is 0 Å². The van der Waals surface area contributed by atoms with E-state index in [1.807, 2.05) is 0 Å². The maximum Gasteiger partial charge on any atom is 0.0390 e. The van der Waals surface area contributed by atoms with Crippen molar-refractivity contribution in [1.29, 1.82) is 0 Å². The zero-order valence-electron chi connectivity index (χ0n) is 9.50. The van der Waals surface area contributed by atoms with Crippen LogP contribution >= 0.6 is 0 Å². The monoisotopic (exact) mass is 208 g/mol. The van der Waals surface area contributed by atoms with Gasteiger partial charge in [0.05, 0.1) is 0 Å². The molecule has 1 atom stereocenters. The standard InChI is InChI=1S/C16H16/c1-2-10-16-11-9-13-5-3-4-12(15(13)16)7-8-14(16)6-1/h1-2,6-8,10H,3-5,9,11H2. The van der Waals surface area contributed by atoms with Gasteiger partial charge in [-0.25, -0.2) is 0 Å². The highest BCUT2D eigenvalue weighted by molar-refractivity contribution is 5.62. The van der Waals surface area contributed by atoms with Crippen LogP contribution in [0.1, 0.15) is 32.1 Å². The van der Waals surface area contributed by atoms with Gasteiger partial charge in [0, 0.05) is 5.41 Å². The molecule has 1 unspecified atom stereocenters. The summed E-state index contributed by atoms with van der Waals surface area (Å²) in [5.74, 6) is 0. The third-order valence-corrected chi connectivity index (χ3v) is 4.61. The lowest BCUT2D eigenvalue weighted by Crippen LogP contribution is -2.25. The van der Waals surface area contributed by atoms with Gasteiger partial charge < -0.3 is 0 Å². The molecule has 0 radical (unpaired) electrons. The topological polar surface area (TPSA) is 0 Å². The molecule has 0 heteroatoms. The van der Waals surface area contributed by atoms with Crippen LogP contribution in [0.15, 0.2) is 58.7 Å². The van der Waals surface area contributed by atoms with E-state index in [9.17, 15) is 0 Å². The molecule has 16 heavy (non-hydrogen) atoms. The SMILES string of the molecule is C1=CC2=CC=C3CCCC4=C3C2(C=C1)CC4. The summed E-state index contributed by atoms with van der Waals surface area (Å²) in [6.45, 7) is 0. The van der Waals surface area contributed by atoms with Crippen LogP contribution < -0.4 is 0 Å². The average Bonchev–Trinajstić information content (AvgIpc) is 2.71. The minimum Gasteiger partial charge on any atom is -0.0696 e. The van der Waals surface area contributed by atoms with E-state index in [2.05, 4.69) is 36.5 Å². The Morgan fingerprint density at radius 1 is 1.00 bits per heavy atom. The minimum atomic E-state index is 0.286. The molecule has 4 aliphatic rings. The van der Waals surface area contributed by atoms with Crippen LogP contribution in [0.25, 0.3) is 0 Å². The van der Waals surface area contributed by atoms with Gasteiger partial charge in [-0.1, -0.05) is 42.0 Å². The van der Waals surface area contributed by atoms with Crippen LogP contribution in [-0.2, 0) is 0 Å². The summed E-state index contributed by atoms with van der Waals surface area (Å²) in [4.78, 5) is 0. The van der Waals surface area contributed by atoms with Gasteiger partial charge in [-0.2, -0.15) is 0 Å². The van der Waals surface area contributed by atoms with Crippen LogP contribution in [0, 0.1) is 5.41 Å². The highest BCUT2D eigenvalue weighted by Crippen LogP contribution is 2.58. The Kier molecular flexibility index (Phi) is 1.59. The quantitative estimate of drug-likeness (QED) is 0.558. The molecule has 0 aromatic carbocycles. The van der Waals surface area contributed by atoms with Crippen molar-refractivity contribution >= 4 is 0 Å². The van der Waals surface area contributed by atoms with Crippen molar-refractivity contribution in [3.05, 3.63) is 58.7 Å². The predicted octanol–water partition coefficient (Wildman–Crippen LogP) is 4.24. The van der Waals surface area contributed by atoms with Gasteiger partial charge in [-0.15, -0.1) is 0 Å². The van der Waals surface area contributed by atoms with Gasteiger partial charge in [0.1, 0.15) is 0 Å². The molecule has 0 fully saturated rings. The molecule has 4 rings (SSSR count). The Morgan fingerprint density at radius 2 is 2.00 bits per heavy atom. The zero-order chi connectivity index (χ0) is 10.6. The van der Waals surface area contributed by atoms with Gasteiger partial charge in [0.15, 0.2) is 0 Å². The predicted molar refractivity (Wildman–Crippen MR) is 67.0 cm³/mol. The summed E-state index contributed by atoms with van der Waals surface area (Å²) in [6.07, 6.45) is 20.5. The van der Waals surface area contributed by atoms with Crippen LogP contribution in [0.2, 0.25) is 0 Å². The van der Waals surface area contributed by atoms with Crippen molar-refractivity contribution in [3.63, 3.8) is 0 Å². The largest absolute Gasteiger partial charge is 0.0696 e. The Labute approximate surface area is 96.7 Å². The van der Waals surface area contributed by atoms with E-state index in [0.29, 0.717) is 0 Å². The molecule has 0 aromatic rings. The maximum atomic E-state index is 2.44. The smallest absolute Gasteiger partial charge is 0.0390 e. The van der Waals surface area contributed by atoms with Crippen LogP contribution in [-0.4, -0.2) is 0 Å². The molecule has 0 bridgehead atoms. The molecule has 0 N–H and O–H groups in total. The highest BCUT2D eigenvalue weighted by Gasteiger charge is 2.44. The lowest BCUT2D eigenvalue weighted by atomic mass is 9.65. The van der Waals surface area contributed by atoms with Crippen molar-refractivity contribution in [3.8, 4) is 0 Å². The van der Waals surface area contributed by atoms with Gasteiger partial charge in [-0.3, -0.25) is 0 Å². The van der Waals surface area contributed by atoms with Gasteiger partial charge in [-0.05, 0) is 48.8 Å². The van der Waals surface area contributed by atoms with Crippen molar-refractivity contribution in [2.24, 2.45) is 5.41 Å². The molecule has 1 spiro atoms. The lowest BCUT2D eigenvalue weighted by molar-refractivity contribution is 0.546. The minimum absolute atomic E-state index is 0.286. The van der Waals surface area contributed by atoms with E-state index < -0.39 is 0 Å². The van der Waals surface area contributed by atoms with E-state index in [1.54, 1.807) is 16.7 Å². The van der Waals surface area contributed by atoms with Crippen LogP contribution in [0.5, 0.6) is 0 Å². The summed E-state index contributed by atoms with van der Waals surface area (Å²) >= 11 is 0. The first kappa shape index (κ1) is 8.81. The Bertz CT molecular complexity index is 508. The second kappa shape index (κ2) is 2.88. The fourth-order valence-electron chi connectivity index (χ4n) is 3.93. The Morgan fingerprint density at radius 3 is 3.00 bits per heavy atom. The molecule has 80 valence electrons. The fourth-order valence-corrected chi connectivity index (χ4v) is 3.93. The first-order valence-corrected chi connectivity index (χ1v) is 6.40. The summed E-state index contributed by atoms with van der Waals surface area (Å²) in [5, 5.41) is 0. The Balaban J connectivity index is 2.01. The molecule has 0 saturated carbocycles. The van der Waals surface area contributed by atoms with Crippen LogP contribution in [0.3, 0.4) is 0 Å². The summed E-state index contributed by atoms with van der Waals surface area (Å²) in [6, 6.07) is 0. The zero-order valence-corrected chi connectivity index (χ0v) is 9.50. The van der Waals surface area contributed by atoms with Gasteiger partial charge >= 0.3 is 0 Å². The molecular formula is C16H16. The highest BCUT2D eigenvalue weighted by atomic mass is 14.5. The molecule has 0 heterocycles. The number of rotatable bonds is 0. The van der Waals surface area contributed by atoms with Crippen molar-refractivity contribution in [2.45, 2.75) is 32.1 Å². The van der Waals surface area contributed by atoms with E-state index in [-0.39, 0.29) is 5.41 Å². The normalized spacial score (nSPS) is 34.5. The summed E-state index contributed by atoms with van der Waals surface area (Å²) < 4.78 is 0. The van der Waals surface area contributed by atoms with E-state index in [0.717, 1.165) is 0 Å². The third kappa shape index (κ3) is 0.910.